The van der Waals surface area contributed by atoms with Crippen LogP contribution >= 0.6 is 34.3 Å². The molecule has 0 amide bonds. The van der Waals surface area contributed by atoms with Crippen molar-refractivity contribution in [2.75, 3.05) is 0 Å². The molecule has 3 heterocycles. The first-order chi connectivity index (χ1) is 9.54. The van der Waals surface area contributed by atoms with Crippen LogP contribution in [0.3, 0.4) is 0 Å². The van der Waals surface area contributed by atoms with Crippen molar-refractivity contribution in [2.45, 2.75) is 20.3 Å². The van der Waals surface area contributed by atoms with E-state index in [4.69, 9.17) is 16.6 Å². The van der Waals surface area contributed by atoms with Crippen LogP contribution in [-0.4, -0.2) is 14.5 Å². The van der Waals surface area contributed by atoms with Gasteiger partial charge in [0.05, 0.1) is 18.3 Å². The summed E-state index contributed by atoms with van der Waals surface area (Å²) in [6, 6.07) is 2.20. The van der Waals surface area contributed by atoms with Crippen molar-refractivity contribution in [1.82, 2.24) is 14.5 Å². The molecule has 0 saturated heterocycles. The lowest BCUT2D eigenvalue weighted by molar-refractivity contribution is 0.820. The minimum absolute atomic E-state index is 0.654. The molecule has 0 aromatic carbocycles. The molecule has 104 valence electrons. The van der Waals surface area contributed by atoms with Crippen molar-refractivity contribution in [3.05, 3.63) is 43.4 Å². The van der Waals surface area contributed by atoms with Crippen molar-refractivity contribution < 1.29 is 0 Å². The van der Waals surface area contributed by atoms with Crippen LogP contribution in [0, 0.1) is 13.8 Å². The number of aromatic nitrogens is 3. The maximum absolute atomic E-state index is 6.01. The van der Waals surface area contributed by atoms with Crippen molar-refractivity contribution in [2.24, 2.45) is 7.05 Å². The molecule has 0 fully saturated rings. The topological polar surface area (TPSA) is 30.7 Å². The maximum Gasteiger partial charge on any atom is 0.128 e. The standard InChI is InChI=1S/C14H14ClN3S2/c1-8-4-10(9(2)20-8)11-7-19-14(17-11)5-13-16-6-12(15)18(13)3/h4,6-7H,5H2,1-3H3. The first kappa shape index (κ1) is 13.8. The Morgan fingerprint density at radius 1 is 1.35 bits per heavy atom. The highest BCUT2D eigenvalue weighted by Crippen LogP contribution is 2.31. The highest BCUT2D eigenvalue weighted by atomic mass is 35.5. The van der Waals surface area contributed by atoms with Gasteiger partial charge in [0.25, 0.3) is 0 Å². The smallest absolute Gasteiger partial charge is 0.128 e. The third-order valence-electron chi connectivity index (χ3n) is 3.21. The fraction of sp³-hybridized carbons (Fsp3) is 0.286. The zero-order chi connectivity index (χ0) is 14.3. The SMILES string of the molecule is Cc1cc(-c2csc(Cc3ncc(Cl)n3C)n2)c(C)s1. The van der Waals surface area contributed by atoms with E-state index in [9.17, 15) is 0 Å². The van der Waals surface area contributed by atoms with Crippen LogP contribution in [0.25, 0.3) is 11.3 Å². The molecule has 3 aromatic rings. The number of rotatable bonds is 3. The van der Waals surface area contributed by atoms with Gasteiger partial charge in [-0.3, -0.25) is 0 Å². The Morgan fingerprint density at radius 3 is 2.75 bits per heavy atom. The predicted molar refractivity (Wildman–Crippen MR) is 85.9 cm³/mol. The highest BCUT2D eigenvalue weighted by molar-refractivity contribution is 7.12. The molecule has 20 heavy (non-hydrogen) atoms. The van der Waals surface area contributed by atoms with Gasteiger partial charge < -0.3 is 4.57 Å². The molecular weight excluding hydrogens is 310 g/mol. The Balaban J connectivity index is 1.87. The summed E-state index contributed by atoms with van der Waals surface area (Å²) in [6.07, 6.45) is 2.40. The Hall–Kier alpha value is -1.17. The second-order valence-electron chi connectivity index (χ2n) is 4.69. The van der Waals surface area contributed by atoms with Crippen molar-refractivity contribution in [3.63, 3.8) is 0 Å². The summed E-state index contributed by atoms with van der Waals surface area (Å²) in [6.45, 7) is 4.27. The quantitative estimate of drug-likeness (QED) is 0.712. The third-order valence-corrected chi connectivity index (χ3v) is 5.37. The molecule has 0 N–H and O–H groups in total. The van der Waals surface area contributed by atoms with E-state index < -0.39 is 0 Å². The van der Waals surface area contributed by atoms with Crippen LogP contribution in [0.5, 0.6) is 0 Å². The zero-order valence-corrected chi connectivity index (χ0v) is 13.9. The van der Waals surface area contributed by atoms with E-state index in [0.717, 1.165) is 22.9 Å². The lowest BCUT2D eigenvalue weighted by Crippen LogP contribution is -1.99. The Bertz CT molecular complexity index is 754. The van der Waals surface area contributed by atoms with Gasteiger partial charge in [0.1, 0.15) is 16.0 Å². The molecule has 3 rings (SSSR count). The van der Waals surface area contributed by atoms with Crippen molar-refractivity contribution in [1.29, 1.82) is 0 Å². The molecule has 0 aliphatic carbocycles. The molecule has 6 heteroatoms. The number of aryl methyl sites for hydroxylation is 2. The summed E-state index contributed by atoms with van der Waals surface area (Å²) in [5.74, 6) is 0.939. The van der Waals surface area contributed by atoms with E-state index in [1.807, 2.05) is 23.0 Å². The molecular formula is C14H14ClN3S2. The number of thiazole rings is 1. The Labute approximate surface area is 130 Å². The van der Waals surface area contributed by atoms with Gasteiger partial charge in [-0.2, -0.15) is 0 Å². The average molecular weight is 324 g/mol. The summed E-state index contributed by atoms with van der Waals surface area (Å²) in [7, 11) is 1.92. The van der Waals surface area contributed by atoms with Crippen molar-refractivity contribution >= 4 is 34.3 Å². The molecule has 3 nitrogen and oxygen atoms in total. The normalized spacial score (nSPS) is 11.2. The summed E-state index contributed by atoms with van der Waals surface area (Å²) in [5, 5.41) is 3.84. The summed E-state index contributed by atoms with van der Waals surface area (Å²) < 4.78 is 1.89. The van der Waals surface area contributed by atoms with Crippen LogP contribution in [0.1, 0.15) is 20.6 Å². The molecule has 0 atom stereocenters. The van der Waals surface area contributed by atoms with E-state index in [0.29, 0.717) is 5.15 Å². The zero-order valence-electron chi connectivity index (χ0n) is 11.5. The summed E-state index contributed by atoms with van der Waals surface area (Å²) in [4.78, 5) is 11.7. The lowest BCUT2D eigenvalue weighted by atomic mass is 10.2. The number of hydrogen-bond donors (Lipinski definition) is 0. The monoisotopic (exact) mass is 323 g/mol. The number of imidazole rings is 1. The predicted octanol–water partition coefficient (Wildman–Crippen LogP) is 4.47. The molecule has 0 unspecified atom stereocenters. The van der Waals surface area contributed by atoms with Gasteiger partial charge in [-0.05, 0) is 19.9 Å². The van der Waals surface area contributed by atoms with Gasteiger partial charge in [-0.15, -0.1) is 22.7 Å². The third kappa shape index (κ3) is 2.53. The number of nitrogens with zero attached hydrogens (tertiary/aromatic N) is 3. The maximum atomic E-state index is 6.01. The lowest BCUT2D eigenvalue weighted by Gasteiger charge is -1.99. The number of halogens is 1. The van der Waals surface area contributed by atoms with Gasteiger partial charge in [0, 0.05) is 27.7 Å². The molecule has 0 aliphatic heterocycles. The number of hydrogen-bond acceptors (Lipinski definition) is 4. The minimum atomic E-state index is 0.654. The van der Waals surface area contributed by atoms with Crippen LogP contribution in [0.2, 0.25) is 5.15 Å². The molecule has 3 aromatic heterocycles. The Kier molecular flexibility index (Phi) is 3.67. The minimum Gasteiger partial charge on any atom is -0.322 e. The molecule has 0 saturated carbocycles. The van der Waals surface area contributed by atoms with Crippen LogP contribution in [-0.2, 0) is 13.5 Å². The van der Waals surface area contributed by atoms with E-state index >= 15 is 0 Å². The fourth-order valence-electron chi connectivity index (χ4n) is 2.12. The van der Waals surface area contributed by atoms with Crippen LogP contribution in [0.4, 0.5) is 0 Å². The summed E-state index contributed by atoms with van der Waals surface area (Å²) in [5.41, 5.74) is 2.31. The van der Waals surface area contributed by atoms with Gasteiger partial charge in [-0.1, -0.05) is 11.6 Å². The van der Waals surface area contributed by atoms with Gasteiger partial charge >= 0.3 is 0 Å². The van der Waals surface area contributed by atoms with Gasteiger partial charge in [0.2, 0.25) is 0 Å². The van der Waals surface area contributed by atoms with Crippen LogP contribution < -0.4 is 0 Å². The van der Waals surface area contributed by atoms with E-state index in [1.165, 1.54) is 15.3 Å². The van der Waals surface area contributed by atoms with E-state index in [-0.39, 0.29) is 0 Å². The first-order valence-corrected chi connectivity index (χ1v) is 8.30. The number of thiophene rings is 1. The second kappa shape index (κ2) is 5.31. The van der Waals surface area contributed by atoms with E-state index in [1.54, 1.807) is 17.5 Å². The van der Waals surface area contributed by atoms with Crippen LogP contribution in [0.15, 0.2) is 17.6 Å². The highest BCUT2D eigenvalue weighted by Gasteiger charge is 2.12. The second-order valence-corrected chi connectivity index (χ2v) is 7.48. The first-order valence-electron chi connectivity index (χ1n) is 6.22. The fourth-order valence-corrected chi connectivity index (χ4v) is 4.00. The van der Waals surface area contributed by atoms with Crippen molar-refractivity contribution in [3.8, 4) is 11.3 Å². The van der Waals surface area contributed by atoms with Gasteiger partial charge in [-0.25, -0.2) is 9.97 Å². The molecule has 0 spiro atoms. The average Bonchev–Trinajstić information content (AvgIpc) is 3.06. The Morgan fingerprint density at radius 2 is 2.15 bits per heavy atom. The molecule has 0 radical (unpaired) electrons. The largest absolute Gasteiger partial charge is 0.322 e. The van der Waals surface area contributed by atoms with Gasteiger partial charge in [0.15, 0.2) is 0 Å². The molecule has 0 aliphatic rings. The van der Waals surface area contributed by atoms with E-state index in [2.05, 4.69) is 30.3 Å². The molecule has 0 bridgehead atoms. The summed E-state index contributed by atoms with van der Waals surface area (Å²) >= 11 is 9.49.